The van der Waals surface area contributed by atoms with E-state index in [4.69, 9.17) is 0 Å². The Hall–Kier alpha value is 0.440. The molecule has 0 bridgehead atoms. The maximum Gasteiger partial charge on any atom is 0.133 e. The largest absolute Gasteiger partial charge is 0.320 e. The number of nitrogens with zero attached hydrogens (tertiary/aromatic N) is 1. The maximum atomic E-state index is 3.55. The Morgan fingerprint density at radius 3 is 1.86 bits per heavy atom. The van der Waals surface area contributed by atoms with Crippen molar-refractivity contribution < 1.29 is 4.48 Å². The number of alkyl halides is 1. The van der Waals surface area contributed by atoms with Crippen molar-refractivity contribution in [1.82, 2.24) is 0 Å². The average molecular weight is 265 g/mol. The van der Waals surface area contributed by atoms with Crippen LogP contribution in [0, 0.1) is 0 Å². The molecule has 0 atom stereocenters. The van der Waals surface area contributed by atoms with E-state index in [1.54, 1.807) is 0 Å². The normalized spacial score (nSPS) is 12.0. The number of rotatable bonds is 9. The fraction of sp³-hybridized carbons (Fsp3) is 1.00. The van der Waals surface area contributed by atoms with Crippen LogP contribution in [0.25, 0.3) is 0 Å². The summed E-state index contributed by atoms with van der Waals surface area (Å²) in [6.45, 7) is 3.58. The molecule has 0 heterocycles. The van der Waals surface area contributed by atoms with Crippen LogP contribution in [-0.4, -0.2) is 30.6 Å². The van der Waals surface area contributed by atoms with E-state index in [0.29, 0.717) is 0 Å². The number of hydrogen-bond acceptors (Lipinski definition) is 0. The Morgan fingerprint density at radius 2 is 1.36 bits per heavy atom. The number of halogens is 1. The van der Waals surface area contributed by atoms with E-state index in [0.717, 1.165) is 9.94 Å². The van der Waals surface area contributed by atoms with Crippen LogP contribution < -0.4 is 0 Å². The molecule has 14 heavy (non-hydrogen) atoms. The summed E-state index contributed by atoms with van der Waals surface area (Å²) in [5.41, 5.74) is 1.07. The van der Waals surface area contributed by atoms with Crippen molar-refractivity contribution in [2.45, 2.75) is 51.9 Å². The van der Waals surface area contributed by atoms with Crippen molar-refractivity contribution in [3.63, 3.8) is 0 Å². The summed E-state index contributed by atoms with van der Waals surface area (Å²) < 4.78 is 1.11. The molecule has 0 aliphatic carbocycles. The van der Waals surface area contributed by atoms with Gasteiger partial charge < -0.3 is 4.48 Å². The molecule has 1 nitrogen and oxygen atoms in total. The molecule has 0 rings (SSSR count). The summed E-state index contributed by atoms with van der Waals surface area (Å²) in [6.07, 6.45) is 9.88. The zero-order chi connectivity index (χ0) is 10.9. The minimum Gasteiger partial charge on any atom is -0.320 e. The van der Waals surface area contributed by atoms with Gasteiger partial charge in [0, 0.05) is 0 Å². The van der Waals surface area contributed by atoms with Crippen LogP contribution in [-0.2, 0) is 0 Å². The van der Waals surface area contributed by atoms with Crippen molar-refractivity contribution in [1.29, 1.82) is 0 Å². The molecular formula is C12H27BrN+. The van der Waals surface area contributed by atoms with Gasteiger partial charge in [-0.25, -0.2) is 0 Å². The minimum atomic E-state index is 1.07. The molecule has 0 aromatic carbocycles. The third-order valence-corrected chi connectivity index (χ3v) is 4.05. The average Bonchev–Trinajstić information content (AvgIpc) is 2.16. The van der Waals surface area contributed by atoms with Gasteiger partial charge in [-0.3, -0.25) is 0 Å². The van der Waals surface area contributed by atoms with Crippen molar-refractivity contribution >= 4 is 15.9 Å². The molecule has 0 aromatic heterocycles. The SMILES string of the molecule is CCCCCCCCC[N+](C)(C)CBr. The smallest absolute Gasteiger partial charge is 0.133 e. The fourth-order valence-electron chi connectivity index (χ4n) is 1.56. The first-order chi connectivity index (χ1) is 6.62. The highest BCUT2D eigenvalue weighted by Crippen LogP contribution is 2.09. The lowest BCUT2D eigenvalue weighted by atomic mass is 10.1. The fourth-order valence-corrected chi connectivity index (χ4v) is 1.81. The molecule has 0 saturated carbocycles. The topological polar surface area (TPSA) is 0 Å². The van der Waals surface area contributed by atoms with E-state index in [1.165, 1.54) is 51.5 Å². The number of quaternary nitrogens is 1. The second-order valence-corrected chi connectivity index (χ2v) is 5.40. The van der Waals surface area contributed by atoms with Gasteiger partial charge in [0.25, 0.3) is 0 Å². The molecular weight excluding hydrogens is 238 g/mol. The van der Waals surface area contributed by atoms with E-state index in [-0.39, 0.29) is 0 Å². The van der Waals surface area contributed by atoms with E-state index < -0.39 is 0 Å². The van der Waals surface area contributed by atoms with Gasteiger partial charge in [-0.15, -0.1) is 0 Å². The Kier molecular flexibility index (Phi) is 9.00. The van der Waals surface area contributed by atoms with E-state index in [9.17, 15) is 0 Å². The molecule has 2 heteroatoms. The monoisotopic (exact) mass is 264 g/mol. The zero-order valence-electron chi connectivity index (χ0n) is 10.2. The molecule has 0 unspecified atom stereocenters. The quantitative estimate of drug-likeness (QED) is 0.254. The molecule has 0 saturated heterocycles. The summed E-state index contributed by atoms with van der Waals surface area (Å²) >= 11 is 3.55. The van der Waals surface area contributed by atoms with Crippen LogP contribution >= 0.6 is 15.9 Å². The van der Waals surface area contributed by atoms with Gasteiger partial charge in [0.1, 0.15) is 5.45 Å². The Morgan fingerprint density at radius 1 is 0.857 bits per heavy atom. The number of hydrogen-bond donors (Lipinski definition) is 0. The van der Waals surface area contributed by atoms with Gasteiger partial charge in [-0.1, -0.05) is 39.0 Å². The third kappa shape index (κ3) is 9.01. The summed E-state index contributed by atoms with van der Waals surface area (Å²) in [4.78, 5) is 0. The zero-order valence-corrected chi connectivity index (χ0v) is 11.8. The molecule has 0 N–H and O–H groups in total. The highest BCUT2D eigenvalue weighted by molar-refractivity contribution is 9.09. The van der Waals surface area contributed by atoms with Crippen molar-refractivity contribution in [3.05, 3.63) is 0 Å². The summed E-state index contributed by atoms with van der Waals surface area (Å²) in [6, 6.07) is 0. The minimum absolute atomic E-state index is 1.07. The van der Waals surface area contributed by atoms with Crippen LogP contribution in [0.5, 0.6) is 0 Å². The molecule has 0 amide bonds. The lowest BCUT2D eigenvalue weighted by Gasteiger charge is -2.26. The molecule has 0 spiro atoms. The summed E-state index contributed by atoms with van der Waals surface area (Å²) in [5, 5.41) is 0. The lowest BCUT2D eigenvalue weighted by molar-refractivity contribution is -0.876. The molecule has 0 aliphatic rings. The second kappa shape index (κ2) is 8.72. The number of unbranched alkanes of at least 4 members (excludes halogenated alkanes) is 6. The molecule has 0 radical (unpaired) electrons. The maximum absolute atomic E-state index is 3.55. The van der Waals surface area contributed by atoms with Crippen molar-refractivity contribution in [3.8, 4) is 0 Å². The Balaban J connectivity index is 3.13. The first-order valence-electron chi connectivity index (χ1n) is 6.00. The standard InChI is InChI=1S/C12H27BrN/c1-4-5-6-7-8-9-10-11-14(2,3)12-13/h4-12H2,1-3H3/q+1. The predicted octanol–water partition coefficient (Wildman–Crippen LogP) is 4.17. The van der Waals surface area contributed by atoms with Crippen LogP contribution in [0.4, 0.5) is 0 Å². The van der Waals surface area contributed by atoms with E-state index in [2.05, 4.69) is 36.9 Å². The second-order valence-electron chi connectivity index (χ2n) is 4.90. The van der Waals surface area contributed by atoms with Crippen LogP contribution in [0.1, 0.15) is 51.9 Å². The van der Waals surface area contributed by atoms with E-state index >= 15 is 0 Å². The van der Waals surface area contributed by atoms with Gasteiger partial charge >= 0.3 is 0 Å². The first kappa shape index (κ1) is 14.4. The van der Waals surface area contributed by atoms with Crippen molar-refractivity contribution in [2.75, 3.05) is 26.1 Å². The summed E-state index contributed by atoms with van der Waals surface area (Å²) in [5.74, 6) is 0. The predicted molar refractivity (Wildman–Crippen MR) is 68.8 cm³/mol. The highest BCUT2D eigenvalue weighted by Gasteiger charge is 2.10. The van der Waals surface area contributed by atoms with Gasteiger partial charge in [-0.2, -0.15) is 0 Å². The Labute approximate surface area is 98.6 Å². The molecule has 0 aromatic rings. The van der Waals surface area contributed by atoms with Crippen LogP contribution in [0.15, 0.2) is 0 Å². The van der Waals surface area contributed by atoms with Crippen LogP contribution in [0.2, 0.25) is 0 Å². The molecule has 86 valence electrons. The van der Waals surface area contributed by atoms with Gasteiger partial charge in [0.15, 0.2) is 0 Å². The Bertz CT molecular complexity index is 123. The molecule has 0 aliphatic heterocycles. The lowest BCUT2D eigenvalue weighted by Crippen LogP contribution is -2.38. The third-order valence-electron chi connectivity index (χ3n) is 2.69. The van der Waals surface area contributed by atoms with Gasteiger partial charge in [0.05, 0.1) is 20.6 Å². The first-order valence-corrected chi connectivity index (χ1v) is 7.12. The van der Waals surface area contributed by atoms with Crippen molar-refractivity contribution in [2.24, 2.45) is 0 Å². The van der Waals surface area contributed by atoms with Gasteiger partial charge in [0.2, 0.25) is 0 Å². The van der Waals surface area contributed by atoms with Crippen LogP contribution in [0.3, 0.4) is 0 Å². The molecule has 0 fully saturated rings. The van der Waals surface area contributed by atoms with Gasteiger partial charge in [-0.05, 0) is 28.8 Å². The van der Waals surface area contributed by atoms with E-state index in [1.807, 2.05) is 0 Å². The highest BCUT2D eigenvalue weighted by atomic mass is 79.9. The summed E-state index contributed by atoms with van der Waals surface area (Å²) in [7, 11) is 4.57.